The first-order valence-electron chi connectivity index (χ1n) is 6.34. The van der Waals surface area contributed by atoms with Crippen LogP contribution in [0, 0.1) is 12.8 Å². The molecule has 1 fully saturated rings. The van der Waals surface area contributed by atoms with Gasteiger partial charge in [0.1, 0.15) is 0 Å². The van der Waals surface area contributed by atoms with Gasteiger partial charge in [-0.05, 0) is 43.4 Å². The molecule has 0 amide bonds. The first kappa shape index (κ1) is 13.4. The fraction of sp³-hybridized carbons (Fsp3) is 0.538. The Bertz CT molecular complexity index is 520. The van der Waals surface area contributed by atoms with Gasteiger partial charge in [0, 0.05) is 12.2 Å². The minimum Gasteiger partial charge on any atom is -0.385 e. The number of nitrogens with one attached hydrogen (secondary N) is 1. The molecule has 0 bridgehead atoms. The number of hydrogen-bond donors (Lipinski definition) is 2. The minimum absolute atomic E-state index is 0.169. The number of aryl methyl sites for hydroxylation is 1. The SMILES string of the molecule is Cc1ccc(S(N)(=O)=O)cc1NCC1CCCC1. The van der Waals surface area contributed by atoms with Gasteiger partial charge < -0.3 is 5.32 Å². The topological polar surface area (TPSA) is 72.2 Å². The lowest BCUT2D eigenvalue weighted by molar-refractivity contribution is 0.579. The number of anilines is 1. The lowest BCUT2D eigenvalue weighted by atomic mass is 10.1. The smallest absolute Gasteiger partial charge is 0.238 e. The highest BCUT2D eigenvalue weighted by atomic mass is 32.2. The van der Waals surface area contributed by atoms with Gasteiger partial charge in [-0.2, -0.15) is 0 Å². The molecule has 0 aromatic heterocycles. The van der Waals surface area contributed by atoms with Crippen LogP contribution in [0.25, 0.3) is 0 Å². The van der Waals surface area contributed by atoms with Crippen molar-refractivity contribution in [3.8, 4) is 0 Å². The molecule has 1 aliphatic carbocycles. The Morgan fingerprint density at radius 2 is 2.00 bits per heavy atom. The second kappa shape index (κ2) is 5.28. The summed E-state index contributed by atoms with van der Waals surface area (Å²) < 4.78 is 22.6. The molecule has 1 aliphatic rings. The highest BCUT2D eigenvalue weighted by molar-refractivity contribution is 7.89. The maximum Gasteiger partial charge on any atom is 0.238 e. The van der Waals surface area contributed by atoms with E-state index in [4.69, 9.17) is 5.14 Å². The summed E-state index contributed by atoms with van der Waals surface area (Å²) in [6, 6.07) is 4.96. The number of hydrogen-bond acceptors (Lipinski definition) is 3. The van der Waals surface area contributed by atoms with Crippen LogP contribution in [-0.4, -0.2) is 15.0 Å². The van der Waals surface area contributed by atoms with Gasteiger partial charge in [0.25, 0.3) is 0 Å². The summed E-state index contributed by atoms with van der Waals surface area (Å²) >= 11 is 0. The molecule has 0 aliphatic heterocycles. The quantitative estimate of drug-likeness (QED) is 0.879. The van der Waals surface area contributed by atoms with Crippen LogP contribution in [0.15, 0.2) is 23.1 Å². The van der Waals surface area contributed by atoms with Gasteiger partial charge in [-0.3, -0.25) is 0 Å². The molecule has 100 valence electrons. The Morgan fingerprint density at radius 1 is 1.33 bits per heavy atom. The molecular weight excluding hydrogens is 248 g/mol. The zero-order chi connectivity index (χ0) is 13.2. The molecule has 1 aromatic rings. The van der Waals surface area contributed by atoms with Gasteiger partial charge in [-0.1, -0.05) is 18.9 Å². The van der Waals surface area contributed by atoms with Crippen molar-refractivity contribution in [1.82, 2.24) is 0 Å². The Labute approximate surface area is 109 Å². The molecule has 0 saturated heterocycles. The van der Waals surface area contributed by atoms with Gasteiger partial charge in [0.05, 0.1) is 4.90 Å². The van der Waals surface area contributed by atoms with Gasteiger partial charge in [-0.25, -0.2) is 13.6 Å². The van der Waals surface area contributed by atoms with Crippen LogP contribution in [0.5, 0.6) is 0 Å². The van der Waals surface area contributed by atoms with Crippen molar-refractivity contribution in [2.75, 3.05) is 11.9 Å². The van der Waals surface area contributed by atoms with Crippen LogP contribution >= 0.6 is 0 Å². The highest BCUT2D eigenvalue weighted by Crippen LogP contribution is 2.26. The molecule has 1 saturated carbocycles. The molecule has 1 aromatic carbocycles. The highest BCUT2D eigenvalue weighted by Gasteiger charge is 2.15. The van der Waals surface area contributed by atoms with E-state index in [1.165, 1.54) is 25.7 Å². The van der Waals surface area contributed by atoms with Crippen LogP contribution in [0.2, 0.25) is 0 Å². The van der Waals surface area contributed by atoms with Crippen LogP contribution in [0.4, 0.5) is 5.69 Å². The van der Waals surface area contributed by atoms with Crippen molar-refractivity contribution < 1.29 is 8.42 Å². The second-order valence-electron chi connectivity index (χ2n) is 5.05. The predicted octanol–water partition coefficient (Wildman–Crippen LogP) is 2.24. The summed E-state index contributed by atoms with van der Waals surface area (Å²) in [6.07, 6.45) is 5.15. The van der Waals surface area contributed by atoms with E-state index in [9.17, 15) is 8.42 Å². The van der Waals surface area contributed by atoms with E-state index in [0.29, 0.717) is 5.92 Å². The van der Waals surface area contributed by atoms with Crippen LogP contribution in [0.1, 0.15) is 31.2 Å². The van der Waals surface area contributed by atoms with E-state index in [1.807, 2.05) is 6.92 Å². The maximum absolute atomic E-state index is 11.3. The third-order valence-electron chi connectivity index (χ3n) is 3.59. The number of primary sulfonamides is 1. The Morgan fingerprint density at radius 3 is 2.61 bits per heavy atom. The van der Waals surface area contributed by atoms with Crippen molar-refractivity contribution in [1.29, 1.82) is 0 Å². The van der Waals surface area contributed by atoms with Crippen molar-refractivity contribution in [2.45, 2.75) is 37.5 Å². The Kier molecular flexibility index (Phi) is 3.92. The third kappa shape index (κ3) is 3.23. The van der Waals surface area contributed by atoms with Gasteiger partial charge in [-0.15, -0.1) is 0 Å². The van der Waals surface area contributed by atoms with Gasteiger partial charge >= 0.3 is 0 Å². The molecular formula is C13H20N2O2S. The zero-order valence-electron chi connectivity index (χ0n) is 10.6. The summed E-state index contributed by atoms with van der Waals surface area (Å²) in [5.74, 6) is 0.711. The molecule has 18 heavy (non-hydrogen) atoms. The average molecular weight is 268 g/mol. The number of rotatable bonds is 4. The summed E-state index contributed by atoms with van der Waals surface area (Å²) in [7, 11) is -3.62. The summed E-state index contributed by atoms with van der Waals surface area (Å²) in [5, 5.41) is 8.49. The zero-order valence-corrected chi connectivity index (χ0v) is 11.5. The normalized spacial score (nSPS) is 17.0. The van der Waals surface area contributed by atoms with Crippen molar-refractivity contribution in [3.05, 3.63) is 23.8 Å². The molecule has 0 radical (unpaired) electrons. The van der Waals surface area contributed by atoms with E-state index < -0.39 is 10.0 Å². The third-order valence-corrected chi connectivity index (χ3v) is 4.50. The van der Waals surface area contributed by atoms with Crippen LogP contribution in [-0.2, 0) is 10.0 Å². The fourth-order valence-electron chi connectivity index (χ4n) is 2.44. The van der Waals surface area contributed by atoms with E-state index in [0.717, 1.165) is 17.8 Å². The van der Waals surface area contributed by atoms with Crippen LogP contribution < -0.4 is 10.5 Å². The predicted molar refractivity (Wildman–Crippen MR) is 73.0 cm³/mol. The molecule has 0 unspecified atom stereocenters. The maximum atomic E-state index is 11.3. The van der Waals surface area contributed by atoms with E-state index in [2.05, 4.69) is 5.32 Å². The van der Waals surface area contributed by atoms with Crippen molar-refractivity contribution >= 4 is 15.7 Å². The standard InChI is InChI=1S/C13H20N2O2S/c1-10-6-7-12(18(14,16)17)8-13(10)15-9-11-4-2-3-5-11/h6-8,11,15H,2-5,9H2,1H3,(H2,14,16,17). The van der Waals surface area contributed by atoms with Crippen LogP contribution in [0.3, 0.4) is 0 Å². The van der Waals surface area contributed by atoms with Crippen molar-refractivity contribution in [2.24, 2.45) is 11.1 Å². The first-order valence-corrected chi connectivity index (χ1v) is 7.89. The molecule has 0 heterocycles. The van der Waals surface area contributed by atoms with E-state index in [-0.39, 0.29) is 4.90 Å². The second-order valence-corrected chi connectivity index (χ2v) is 6.61. The number of sulfonamides is 1. The largest absolute Gasteiger partial charge is 0.385 e. The van der Waals surface area contributed by atoms with Gasteiger partial charge in [0.2, 0.25) is 10.0 Å². The first-order chi connectivity index (χ1) is 8.47. The van der Waals surface area contributed by atoms with Crippen molar-refractivity contribution in [3.63, 3.8) is 0 Å². The number of benzene rings is 1. The summed E-state index contributed by atoms with van der Waals surface area (Å²) in [5.41, 5.74) is 1.91. The lowest BCUT2D eigenvalue weighted by Crippen LogP contribution is -2.15. The monoisotopic (exact) mass is 268 g/mol. The minimum atomic E-state index is -3.62. The van der Waals surface area contributed by atoms with Gasteiger partial charge in [0.15, 0.2) is 0 Å². The average Bonchev–Trinajstić information content (AvgIpc) is 2.79. The molecule has 3 N–H and O–H groups in total. The summed E-state index contributed by atoms with van der Waals surface area (Å²) in [4.78, 5) is 0.169. The molecule has 2 rings (SSSR count). The lowest BCUT2D eigenvalue weighted by Gasteiger charge is -2.14. The Hall–Kier alpha value is -1.07. The molecule has 0 atom stereocenters. The Balaban J connectivity index is 2.11. The van der Waals surface area contributed by atoms with E-state index in [1.54, 1.807) is 18.2 Å². The van der Waals surface area contributed by atoms with E-state index >= 15 is 0 Å². The fourth-order valence-corrected chi connectivity index (χ4v) is 2.98. The number of nitrogens with two attached hydrogens (primary N) is 1. The molecule has 4 nitrogen and oxygen atoms in total. The molecule has 0 spiro atoms. The summed E-state index contributed by atoms with van der Waals surface area (Å²) in [6.45, 7) is 2.87. The molecule has 5 heteroatoms.